The van der Waals surface area contributed by atoms with Crippen LogP contribution in [0, 0.1) is 0 Å². The van der Waals surface area contributed by atoms with Crippen LogP contribution in [-0.2, 0) is 9.53 Å². The molecule has 0 unspecified atom stereocenters. The number of hydrogen-bond donors (Lipinski definition) is 1. The van der Waals surface area contributed by atoms with E-state index in [0.29, 0.717) is 5.56 Å². The topological polar surface area (TPSA) is 67.8 Å². The van der Waals surface area contributed by atoms with Crippen molar-refractivity contribution in [1.29, 1.82) is 0 Å². The van der Waals surface area contributed by atoms with Crippen LogP contribution in [0.25, 0.3) is 0 Å². The van der Waals surface area contributed by atoms with Crippen LogP contribution in [0.4, 0.5) is 0 Å². The zero-order valence-corrected chi connectivity index (χ0v) is 15.2. The highest BCUT2D eigenvalue weighted by Gasteiger charge is 2.41. The molecule has 1 heterocycles. The van der Waals surface area contributed by atoms with Gasteiger partial charge in [-0.15, -0.1) is 0 Å². The van der Waals surface area contributed by atoms with Crippen LogP contribution in [0.2, 0.25) is 0 Å². The normalized spacial score (nSPS) is 19.0. The van der Waals surface area contributed by atoms with Gasteiger partial charge in [0.2, 0.25) is 0 Å². The van der Waals surface area contributed by atoms with Crippen LogP contribution >= 0.6 is 15.9 Å². The van der Waals surface area contributed by atoms with Crippen LogP contribution < -0.4 is 5.43 Å². The maximum Gasteiger partial charge on any atom is 0.355 e. The molecule has 25 heavy (non-hydrogen) atoms. The van der Waals surface area contributed by atoms with E-state index in [1.165, 1.54) is 0 Å². The van der Waals surface area contributed by atoms with Crippen molar-refractivity contribution < 1.29 is 14.3 Å². The van der Waals surface area contributed by atoms with Crippen LogP contribution in [0.1, 0.15) is 28.8 Å². The second-order valence-corrected chi connectivity index (χ2v) is 6.50. The lowest BCUT2D eigenvalue weighted by Gasteiger charge is -2.19. The fourth-order valence-corrected chi connectivity index (χ4v) is 3.10. The molecule has 0 spiro atoms. The Kier molecular flexibility index (Phi) is 5.28. The largest absolute Gasteiger partial charge is 0.461 e. The molecule has 3 rings (SSSR count). The van der Waals surface area contributed by atoms with Crippen molar-refractivity contribution in [3.8, 4) is 0 Å². The third kappa shape index (κ3) is 3.64. The number of ether oxygens (including phenoxy) is 1. The van der Waals surface area contributed by atoms with Crippen molar-refractivity contribution in [2.24, 2.45) is 5.10 Å². The first kappa shape index (κ1) is 17.4. The predicted octanol–water partition coefficient (Wildman–Crippen LogP) is 3.31. The summed E-state index contributed by atoms with van der Waals surface area (Å²) >= 11 is 3.36. The van der Waals surface area contributed by atoms with Gasteiger partial charge in [0.1, 0.15) is 6.04 Å². The van der Waals surface area contributed by atoms with E-state index >= 15 is 0 Å². The Morgan fingerprint density at radius 3 is 2.44 bits per heavy atom. The molecule has 6 heteroatoms. The summed E-state index contributed by atoms with van der Waals surface area (Å²) in [5, 5.41) is 4.12. The lowest BCUT2D eigenvalue weighted by molar-refractivity contribution is -0.135. The number of benzene rings is 2. The Morgan fingerprint density at radius 1 is 1.12 bits per heavy atom. The van der Waals surface area contributed by atoms with Crippen LogP contribution in [0.15, 0.2) is 64.2 Å². The van der Waals surface area contributed by atoms with Gasteiger partial charge < -0.3 is 4.74 Å². The van der Waals surface area contributed by atoms with Crippen LogP contribution in [0.5, 0.6) is 0 Å². The monoisotopic (exact) mass is 400 g/mol. The number of hydrogen-bond acceptors (Lipinski definition) is 5. The van der Waals surface area contributed by atoms with E-state index < -0.39 is 17.9 Å². The standard InChI is InChI=1S/C19H17BrN2O3/c1-2-25-19(24)17-15(12-6-4-3-5-7-12)16(21-22-17)18(23)13-8-10-14(20)11-9-13/h3-11,15-16,21H,2H2,1H3/t15-,16-/m1/s1. The lowest BCUT2D eigenvalue weighted by atomic mass is 9.84. The van der Waals surface area contributed by atoms with E-state index in [-0.39, 0.29) is 18.1 Å². The minimum Gasteiger partial charge on any atom is -0.461 e. The number of ketones is 1. The number of rotatable bonds is 5. The summed E-state index contributed by atoms with van der Waals surface area (Å²) < 4.78 is 5.99. The first-order valence-corrected chi connectivity index (χ1v) is 8.76. The Labute approximate surface area is 154 Å². The van der Waals surface area contributed by atoms with Crippen LogP contribution in [0.3, 0.4) is 0 Å². The maximum absolute atomic E-state index is 13.0. The third-order valence-electron chi connectivity index (χ3n) is 4.01. The molecule has 128 valence electrons. The smallest absolute Gasteiger partial charge is 0.355 e. The Bertz CT molecular complexity index is 803. The summed E-state index contributed by atoms with van der Waals surface area (Å²) in [5.74, 6) is -1.12. The first-order chi connectivity index (χ1) is 12.1. The van der Waals surface area contributed by atoms with Crippen molar-refractivity contribution in [2.45, 2.75) is 18.9 Å². The molecule has 2 aromatic rings. The number of nitrogens with one attached hydrogen (secondary N) is 1. The van der Waals surface area contributed by atoms with Gasteiger partial charge in [-0.25, -0.2) is 4.79 Å². The molecule has 1 N–H and O–H groups in total. The second-order valence-electron chi connectivity index (χ2n) is 5.58. The Morgan fingerprint density at radius 2 is 1.80 bits per heavy atom. The fourth-order valence-electron chi connectivity index (χ4n) is 2.83. The zero-order valence-electron chi connectivity index (χ0n) is 13.6. The van der Waals surface area contributed by atoms with Gasteiger partial charge in [0.15, 0.2) is 11.5 Å². The van der Waals surface area contributed by atoms with Crippen molar-refractivity contribution in [1.82, 2.24) is 5.43 Å². The van der Waals surface area contributed by atoms with E-state index in [2.05, 4.69) is 26.5 Å². The van der Waals surface area contributed by atoms with Crippen molar-refractivity contribution in [3.63, 3.8) is 0 Å². The van der Waals surface area contributed by atoms with Gasteiger partial charge in [0.25, 0.3) is 0 Å². The molecule has 2 aromatic carbocycles. The molecule has 0 saturated carbocycles. The van der Waals surface area contributed by atoms with Gasteiger partial charge in [0.05, 0.1) is 12.5 Å². The summed E-state index contributed by atoms with van der Waals surface area (Å²) in [7, 11) is 0. The molecule has 0 fully saturated rings. The number of carbonyl (C=O) groups excluding carboxylic acids is 2. The summed E-state index contributed by atoms with van der Waals surface area (Å²) in [4.78, 5) is 25.2. The van der Waals surface area contributed by atoms with E-state index in [0.717, 1.165) is 10.0 Å². The lowest BCUT2D eigenvalue weighted by Crippen LogP contribution is -2.37. The molecule has 1 aliphatic rings. The Hall–Kier alpha value is -2.47. The maximum atomic E-state index is 13.0. The highest BCUT2D eigenvalue weighted by Crippen LogP contribution is 2.29. The summed E-state index contributed by atoms with van der Waals surface area (Å²) in [5.41, 5.74) is 4.46. The summed E-state index contributed by atoms with van der Waals surface area (Å²) in [6, 6.07) is 15.9. The molecule has 0 amide bonds. The van der Waals surface area contributed by atoms with E-state index in [1.807, 2.05) is 42.5 Å². The number of Topliss-reactive ketones (excluding diaryl/α,β-unsaturated/α-hetero) is 1. The highest BCUT2D eigenvalue weighted by molar-refractivity contribution is 9.10. The molecular formula is C19H17BrN2O3. The molecule has 5 nitrogen and oxygen atoms in total. The molecule has 0 saturated heterocycles. The first-order valence-electron chi connectivity index (χ1n) is 7.96. The second kappa shape index (κ2) is 7.61. The number of carbonyl (C=O) groups is 2. The molecule has 0 aromatic heterocycles. The summed E-state index contributed by atoms with van der Waals surface area (Å²) in [6.45, 7) is 1.99. The summed E-state index contributed by atoms with van der Waals surface area (Å²) in [6.07, 6.45) is 0. The molecular weight excluding hydrogens is 384 g/mol. The molecule has 1 aliphatic heterocycles. The minimum absolute atomic E-state index is 0.121. The van der Waals surface area contributed by atoms with Gasteiger partial charge >= 0.3 is 5.97 Å². The van der Waals surface area contributed by atoms with E-state index in [1.54, 1.807) is 19.1 Å². The average molecular weight is 401 g/mol. The molecule has 2 atom stereocenters. The van der Waals surface area contributed by atoms with E-state index in [4.69, 9.17) is 4.74 Å². The van der Waals surface area contributed by atoms with Gasteiger partial charge in [-0.3, -0.25) is 10.2 Å². The Balaban J connectivity index is 1.94. The van der Waals surface area contributed by atoms with Gasteiger partial charge in [-0.1, -0.05) is 58.4 Å². The SMILES string of the molecule is CCOC(=O)C1=NN[C@@H](C(=O)c2ccc(Br)cc2)[C@H]1c1ccccc1. The molecule has 0 bridgehead atoms. The fraction of sp³-hybridized carbons (Fsp3) is 0.211. The van der Waals surface area contributed by atoms with Gasteiger partial charge in [-0.2, -0.15) is 5.10 Å². The van der Waals surface area contributed by atoms with Crippen molar-refractivity contribution >= 4 is 33.4 Å². The van der Waals surface area contributed by atoms with E-state index in [9.17, 15) is 9.59 Å². The van der Waals surface area contributed by atoms with Gasteiger partial charge in [0, 0.05) is 10.0 Å². The van der Waals surface area contributed by atoms with Crippen molar-refractivity contribution in [3.05, 3.63) is 70.2 Å². The van der Waals surface area contributed by atoms with Crippen molar-refractivity contribution in [2.75, 3.05) is 6.61 Å². The number of halogens is 1. The zero-order chi connectivity index (χ0) is 17.8. The third-order valence-corrected chi connectivity index (χ3v) is 4.54. The number of hydrazone groups is 1. The minimum atomic E-state index is -0.650. The number of nitrogens with zero attached hydrogens (tertiary/aromatic N) is 1. The van der Waals surface area contributed by atoms with Crippen LogP contribution in [-0.4, -0.2) is 30.1 Å². The quantitative estimate of drug-likeness (QED) is 0.617. The molecule has 0 radical (unpaired) electrons. The molecule has 0 aliphatic carbocycles. The number of esters is 1. The highest BCUT2D eigenvalue weighted by atomic mass is 79.9. The predicted molar refractivity (Wildman–Crippen MR) is 98.6 cm³/mol. The average Bonchev–Trinajstić information content (AvgIpc) is 3.08. The van der Waals surface area contributed by atoms with Gasteiger partial charge in [-0.05, 0) is 24.6 Å².